The van der Waals surface area contributed by atoms with Gasteiger partial charge in [-0.05, 0) is 37.8 Å². The van der Waals surface area contributed by atoms with Gasteiger partial charge in [-0.1, -0.05) is 12.8 Å². The molecule has 0 aliphatic heterocycles. The van der Waals surface area contributed by atoms with Crippen molar-refractivity contribution in [3.63, 3.8) is 0 Å². The number of aryl methyl sites for hydroxylation is 1. The van der Waals surface area contributed by atoms with E-state index in [1.54, 1.807) is 0 Å². The molecule has 1 aliphatic rings. The van der Waals surface area contributed by atoms with Gasteiger partial charge in [0.1, 0.15) is 0 Å². The van der Waals surface area contributed by atoms with Crippen LogP contribution in [-0.2, 0) is 13.5 Å². The molecule has 0 saturated heterocycles. The predicted molar refractivity (Wildman–Crippen MR) is 61.7 cm³/mol. The first-order valence-corrected chi connectivity index (χ1v) is 5.94. The molecule has 15 heavy (non-hydrogen) atoms. The average Bonchev–Trinajstić information content (AvgIpc) is 2.65. The van der Waals surface area contributed by atoms with E-state index in [4.69, 9.17) is 0 Å². The molecule has 2 rings (SSSR count). The van der Waals surface area contributed by atoms with Gasteiger partial charge in [-0.25, -0.2) is 0 Å². The molecule has 0 radical (unpaired) electrons. The van der Waals surface area contributed by atoms with Crippen LogP contribution >= 0.6 is 0 Å². The topological polar surface area (TPSA) is 29.9 Å². The Morgan fingerprint density at radius 2 is 2.27 bits per heavy atom. The molecule has 0 aromatic carbocycles. The Hall–Kier alpha value is -0.830. The smallest absolute Gasteiger partial charge is 0.0521 e. The van der Waals surface area contributed by atoms with Crippen molar-refractivity contribution in [3.05, 3.63) is 18.0 Å². The number of hydrogen-bond donors (Lipinski definition) is 1. The number of rotatable bonds is 3. The number of nitrogens with zero attached hydrogens (tertiary/aromatic N) is 2. The van der Waals surface area contributed by atoms with Gasteiger partial charge in [0, 0.05) is 19.3 Å². The second kappa shape index (κ2) is 4.79. The van der Waals surface area contributed by atoms with E-state index in [2.05, 4.69) is 23.7 Å². The fraction of sp³-hybridized carbons (Fsp3) is 0.750. The van der Waals surface area contributed by atoms with Crippen molar-refractivity contribution in [1.82, 2.24) is 15.1 Å². The van der Waals surface area contributed by atoms with E-state index in [9.17, 15) is 0 Å². The molecule has 1 aliphatic carbocycles. The lowest BCUT2D eigenvalue weighted by molar-refractivity contribution is 0.272. The van der Waals surface area contributed by atoms with E-state index in [1.807, 2.05) is 17.9 Å². The summed E-state index contributed by atoms with van der Waals surface area (Å²) in [5.74, 6) is 0.799. The third-order valence-electron chi connectivity index (χ3n) is 3.54. The summed E-state index contributed by atoms with van der Waals surface area (Å²) in [6.07, 6.45) is 10.8. The van der Waals surface area contributed by atoms with Gasteiger partial charge in [0.25, 0.3) is 0 Å². The normalized spacial score (nSPS) is 26.8. The van der Waals surface area contributed by atoms with Crippen LogP contribution in [0.4, 0.5) is 0 Å². The highest BCUT2D eigenvalue weighted by Crippen LogP contribution is 2.27. The Morgan fingerprint density at radius 1 is 1.47 bits per heavy atom. The first-order chi connectivity index (χ1) is 7.29. The van der Waals surface area contributed by atoms with Crippen LogP contribution in [0.15, 0.2) is 12.4 Å². The predicted octanol–water partition coefficient (Wildman–Crippen LogP) is 1.74. The summed E-state index contributed by atoms with van der Waals surface area (Å²) in [4.78, 5) is 0. The largest absolute Gasteiger partial charge is 0.317 e. The standard InChI is InChI=1S/C12H21N3/c1-13-12-6-4-3-5-11(12)7-10-8-14-15(2)9-10/h8-9,11-13H,3-7H2,1-2H3. The molecular formula is C12H21N3. The fourth-order valence-corrected chi connectivity index (χ4v) is 2.71. The molecule has 2 unspecified atom stereocenters. The lowest BCUT2D eigenvalue weighted by atomic mass is 9.81. The van der Waals surface area contributed by atoms with Gasteiger partial charge in [-0.15, -0.1) is 0 Å². The van der Waals surface area contributed by atoms with Crippen molar-refractivity contribution >= 4 is 0 Å². The molecule has 0 amide bonds. The summed E-state index contributed by atoms with van der Waals surface area (Å²) >= 11 is 0. The van der Waals surface area contributed by atoms with Gasteiger partial charge in [0.05, 0.1) is 6.20 Å². The average molecular weight is 207 g/mol. The summed E-state index contributed by atoms with van der Waals surface area (Å²) in [6, 6.07) is 0.707. The quantitative estimate of drug-likeness (QED) is 0.818. The zero-order chi connectivity index (χ0) is 10.7. The first kappa shape index (κ1) is 10.7. The number of nitrogens with one attached hydrogen (secondary N) is 1. The molecule has 0 spiro atoms. The zero-order valence-corrected chi connectivity index (χ0v) is 9.74. The molecule has 1 N–H and O–H groups in total. The first-order valence-electron chi connectivity index (χ1n) is 5.94. The van der Waals surface area contributed by atoms with Gasteiger partial charge < -0.3 is 5.32 Å². The Morgan fingerprint density at radius 3 is 2.93 bits per heavy atom. The SMILES string of the molecule is CNC1CCCCC1Cc1cnn(C)c1. The van der Waals surface area contributed by atoms with Gasteiger partial charge in [-0.2, -0.15) is 5.10 Å². The van der Waals surface area contributed by atoms with Crippen LogP contribution in [-0.4, -0.2) is 22.9 Å². The fourth-order valence-electron chi connectivity index (χ4n) is 2.71. The minimum absolute atomic E-state index is 0.707. The maximum absolute atomic E-state index is 4.23. The third kappa shape index (κ3) is 2.59. The maximum Gasteiger partial charge on any atom is 0.0521 e. The highest BCUT2D eigenvalue weighted by atomic mass is 15.2. The van der Waals surface area contributed by atoms with Crippen LogP contribution in [0.1, 0.15) is 31.2 Å². The van der Waals surface area contributed by atoms with Crippen LogP contribution in [0.25, 0.3) is 0 Å². The minimum Gasteiger partial charge on any atom is -0.317 e. The van der Waals surface area contributed by atoms with Crippen LogP contribution in [0.2, 0.25) is 0 Å². The lowest BCUT2D eigenvalue weighted by Gasteiger charge is -2.31. The van der Waals surface area contributed by atoms with E-state index in [1.165, 1.54) is 37.7 Å². The van der Waals surface area contributed by atoms with Crippen molar-refractivity contribution in [2.75, 3.05) is 7.05 Å². The van der Waals surface area contributed by atoms with Gasteiger partial charge in [0.2, 0.25) is 0 Å². The van der Waals surface area contributed by atoms with Gasteiger partial charge >= 0.3 is 0 Å². The van der Waals surface area contributed by atoms with E-state index in [-0.39, 0.29) is 0 Å². The second-order valence-electron chi connectivity index (χ2n) is 4.67. The Balaban J connectivity index is 1.97. The van der Waals surface area contributed by atoms with Gasteiger partial charge in [-0.3, -0.25) is 4.68 Å². The number of hydrogen-bond acceptors (Lipinski definition) is 2. The van der Waals surface area contributed by atoms with E-state index in [0.717, 1.165) is 5.92 Å². The van der Waals surface area contributed by atoms with Crippen LogP contribution in [0, 0.1) is 5.92 Å². The van der Waals surface area contributed by atoms with Crippen LogP contribution in [0.3, 0.4) is 0 Å². The third-order valence-corrected chi connectivity index (χ3v) is 3.54. The summed E-state index contributed by atoms with van der Waals surface area (Å²) in [5, 5.41) is 7.68. The van der Waals surface area contributed by atoms with Crippen molar-refractivity contribution in [2.45, 2.75) is 38.1 Å². The van der Waals surface area contributed by atoms with Crippen molar-refractivity contribution in [2.24, 2.45) is 13.0 Å². The summed E-state index contributed by atoms with van der Waals surface area (Å²) in [7, 11) is 4.08. The van der Waals surface area contributed by atoms with Crippen LogP contribution in [0.5, 0.6) is 0 Å². The molecule has 1 heterocycles. The second-order valence-corrected chi connectivity index (χ2v) is 4.67. The highest BCUT2D eigenvalue weighted by Gasteiger charge is 2.23. The molecule has 1 aromatic heterocycles. The summed E-state index contributed by atoms with van der Waals surface area (Å²) in [6.45, 7) is 0. The van der Waals surface area contributed by atoms with Crippen molar-refractivity contribution < 1.29 is 0 Å². The molecule has 3 heteroatoms. The summed E-state index contributed by atoms with van der Waals surface area (Å²) in [5.41, 5.74) is 1.38. The van der Waals surface area contributed by atoms with E-state index < -0.39 is 0 Å². The molecule has 2 atom stereocenters. The Kier molecular flexibility index (Phi) is 3.41. The molecule has 0 bridgehead atoms. The Bertz CT molecular complexity index is 306. The number of aromatic nitrogens is 2. The Labute approximate surface area is 91.9 Å². The minimum atomic E-state index is 0.707. The lowest BCUT2D eigenvalue weighted by Crippen LogP contribution is -2.37. The van der Waals surface area contributed by atoms with Crippen LogP contribution < -0.4 is 5.32 Å². The van der Waals surface area contributed by atoms with Crippen molar-refractivity contribution in [1.29, 1.82) is 0 Å². The maximum atomic E-state index is 4.23. The molecule has 1 fully saturated rings. The molecule has 3 nitrogen and oxygen atoms in total. The summed E-state index contributed by atoms with van der Waals surface area (Å²) < 4.78 is 1.90. The zero-order valence-electron chi connectivity index (χ0n) is 9.74. The van der Waals surface area contributed by atoms with Gasteiger partial charge in [0.15, 0.2) is 0 Å². The highest BCUT2D eigenvalue weighted by molar-refractivity contribution is 5.06. The van der Waals surface area contributed by atoms with E-state index in [0.29, 0.717) is 6.04 Å². The monoisotopic (exact) mass is 207 g/mol. The molecule has 1 saturated carbocycles. The molecule has 84 valence electrons. The molecule has 1 aromatic rings. The van der Waals surface area contributed by atoms with E-state index >= 15 is 0 Å². The molecular weight excluding hydrogens is 186 g/mol. The van der Waals surface area contributed by atoms with Crippen molar-refractivity contribution in [3.8, 4) is 0 Å².